The molecule has 0 unspecified atom stereocenters. The Morgan fingerprint density at radius 2 is 2.14 bits per heavy atom. The predicted molar refractivity (Wildman–Crippen MR) is 83.6 cm³/mol. The summed E-state index contributed by atoms with van der Waals surface area (Å²) in [5.74, 6) is 0.826. The Morgan fingerprint density at radius 3 is 2.90 bits per heavy atom. The van der Waals surface area contributed by atoms with Crippen molar-refractivity contribution in [1.82, 2.24) is 19.6 Å². The number of hydrogen-bond acceptors (Lipinski definition) is 4. The molecular weight excluding hydrogens is 290 g/mol. The van der Waals surface area contributed by atoms with Gasteiger partial charge >= 0.3 is 0 Å². The second-order valence-corrected chi connectivity index (χ2v) is 5.31. The Kier molecular flexibility index (Phi) is 5.64. The van der Waals surface area contributed by atoms with Crippen molar-refractivity contribution in [3.63, 3.8) is 0 Å². The smallest absolute Gasteiger partial charge is 0.148 e. The van der Waals surface area contributed by atoms with Gasteiger partial charge in [0.05, 0.1) is 25.4 Å². The highest BCUT2D eigenvalue weighted by molar-refractivity contribution is 5.85. The number of aromatic nitrogens is 4. The fourth-order valence-electron chi connectivity index (χ4n) is 2.71. The molecule has 0 atom stereocenters. The van der Waals surface area contributed by atoms with Crippen molar-refractivity contribution in [2.24, 2.45) is 0 Å². The van der Waals surface area contributed by atoms with E-state index in [9.17, 15) is 0 Å². The van der Waals surface area contributed by atoms with Crippen LogP contribution in [0.25, 0.3) is 0 Å². The second kappa shape index (κ2) is 7.47. The van der Waals surface area contributed by atoms with Crippen molar-refractivity contribution in [3.05, 3.63) is 30.2 Å². The van der Waals surface area contributed by atoms with E-state index in [0.717, 1.165) is 12.4 Å². The lowest BCUT2D eigenvalue weighted by Gasteiger charge is -2.08. The summed E-state index contributed by atoms with van der Waals surface area (Å²) in [4.78, 5) is 0. The number of aliphatic hydroxyl groups is 1. The molecule has 0 amide bonds. The fourth-order valence-corrected chi connectivity index (χ4v) is 2.71. The molecular formula is C14H22ClN5O. The van der Waals surface area contributed by atoms with Crippen LogP contribution < -0.4 is 5.32 Å². The zero-order valence-corrected chi connectivity index (χ0v) is 12.8. The monoisotopic (exact) mass is 311 g/mol. The lowest BCUT2D eigenvalue weighted by molar-refractivity contribution is 0.269. The Morgan fingerprint density at radius 1 is 1.33 bits per heavy atom. The Balaban J connectivity index is 0.00000161. The van der Waals surface area contributed by atoms with Gasteiger partial charge in [-0.1, -0.05) is 12.8 Å². The summed E-state index contributed by atoms with van der Waals surface area (Å²) >= 11 is 0. The third-order valence-electron chi connectivity index (χ3n) is 3.80. The number of hydrogen-bond donors (Lipinski definition) is 2. The molecule has 0 aliphatic heterocycles. The van der Waals surface area contributed by atoms with E-state index in [4.69, 9.17) is 5.11 Å². The van der Waals surface area contributed by atoms with Gasteiger partial charge in [-0.3, -0.25) is 9.36 Å². The van der Waals surface area contributed by atoms with Crippen molar-refractivity contribution >= 4 is 18.2 Å². The van der Waals surface area contributed by atoms with Crippen LogP contribution in [0.15, 0.2) is 24.7 Å². The van der Waals surface area contributed by atoms with E-state index in [1.165, 1.54) is 31.2 Å². The fraction of sp³-hybridized carbons (Fsp3) is 0.571. The molecule has 2 N–H and O–H groups in total. The van der Waals surface area contributed by atoms with Crippen LogP contribution in [0.3, 0.4) is 0 Å². The average Bonchev–Trinajstić information content (AvgIpc) is 3.18. The van der Waals surface area contributed by atoms with E-state index in [-0.39, 0.29) is 19.0 Å². The summed E-state index contributed by atoms with van der Waals surface area (Å²) in [5.41, 5.74) is 1.17. The molecule has 1 saturated carbocycles. The SMILES string of the molecule is Cl.OCCn1ccc(NCc2cnn(C3CCCC3)c2)n1. The topological polar surface area (TPSA) is 67.9 Å². The summed E-state index contributed by atoms with van der Waals surface area (Å²) in [6.45, 7) is 1.36. The number of halogens is 1. The predicted octanol–water partition coefficient (Wildman–Crippen LogP) is 2.22. The summed E-state index contributed by atoms with van der Waals surface area (Å²) in [6.07, 6.45) is 11.1. The average molecular weight is 312 g/mol. The van der Waals surface area contributed by atoms with Crippen molar-refractivity contribution in [2.45, 2.75) is 44.8 Å². The van der Waals surface area contributed by atoms with E-state index in [2.05, 4.69) is 26.4 Å². The van der Waals surface area contributed by atoms with Gasteiger partial charge in [0.1, 0.15) is 5.82 Å². The van der Waals surface area contributed by atoms with Gasteiger partial charge in [0.15, 0.2) is 0 Å². The molecule has 6 nitrogen and oxygen atoms in total. The van der Waals surface area contributed by atoms with Crippen LogP contribution >= 0.6 is 12.4 Å². The van der Waals surface area contributed by atoms with Crippen LogP contribution in [0.4, 0.5) is 5.82 Å². The molecule has 0 aromatic carbocycles. The van der Waals surface area contributed by atoms with E-state index in [1.807, 2.05) is 18.5 Å². The zero-order chi connectivity index (χ0) is 13.8. The van der Waals surface area contributed by atoms with Crippen LogP contribution in [-0.2, 0) is 13.1 Å². The van der Waals surface area contributed by atoms with Crippen LogP contribution in [0.2, 0.25) is 0 Å². The van der Waals surface area contributed by atoms with Crippen molar-refractivity contribution < 1.29 is 5.11 Å². The van der Waals surface area contributed by atoms with E-state index in [1.54, 1.807) is 4.68 Å². The maximum absolute atomic E-state index is 8.85. The van der Waals surface area contributed by atoms with Crippen molar-refractivity contribution in [1.29, 1.82) is 0 Å². The molecule has 1 fully saturated rings. The van der Waals surface area contributed by atoms with Gasteiger partial charge in [-0.25, -0.2) is 0 Å². The lowest BCUT2D eigenvalue weighted by Crippen LogP contribution is -2.05. The van der Waals surface area contributed by atoms with Crippen LogP contribution in [-0.4, -0.2) is 31.3 Å². The number of nitrogens with zero attached hydrogens (tertiary/aromatic N) is 4. The summed E-state index contributed by atoms with van der Waals surface area (Å²) in [7, 11) is 0. The molecule has 7 heteroatoms. The van der Waals surface area contributed by atoms with Crippen molar-refractivity contribution in [3.8, 4) is 0 Å². The zero-order valence-electron chi connectivity index (χ0n) is 12.0. The highest BCUT2D eigenvalue weighted by Crippen LogP contribution is 2.28. The van der Waals surface area contributed by atoms with E-state index >= 15 is 0 Å². The first-order valence-corrected chi connectivity index (χ1v) is 7.26. The van der Waals surface area contributed by atoms with E-state index in [0.29, 0.717) is 12.6 Å². The number of aliphatic hydroxyl groups excluding tert-OH is 1. The Bertz CT molecular complexity index is 547. The summed E-state index contributed by atoms with van der Waals surface area (Å²) in [6, 6.07) is 2.50. The molecule has 21 heavy (non-hydrogen) atoms. The largest absolute Gasteiger partial charge is 0.394 e. The van der Waals surface area contributed by atoms with Crippen LogP contribution in [0, 0.1) is 0 Å². The van der Waals surface area contributed by atoms with Gasteiger partial charge in [0.2, 0.25) is 0 Å². The molecule has 2 heterocycles. The molecule has 2 aromatic rings. The highest BCUT2D eigenvalue weighted by atomic mass is 35.5. The minimum Gasteiger partial charge on any atom is -0.394 e. The normalized spacial score (nSPS) is 15.1. The Labute approximate surface area is 130 Å². The van der Waals surface area contributed by atoms with Gasteiger partial charge in [0.25, 0.3) is 0 Å². The number of anilines is 1. The minimum atomic E-state index is 0. The van der Waals surface area contributed by atoms with Crippen molar-refractivity contribution in [2.75, 3.05) is 11.9 Å². The molecule has 0 saturated heterocycles. The first kappa shape index (κ1) is 15.9. The summed E-state index contributed by atoms with van der Waals surface area (Å²) < 4.78 is 3.83. The van der Waals surface area contributed by atoms with Gasteiger partial charge < -0.3 is 10.4 Å². The molecule has 0 radical (unpaired) electrons. The molecule has 1 aliphatic rings. The van der Waals surface area contributed by atoms with Crippen LogP contribution in [0.1, 0.15) is 37.3 Å². The van der Waals surface area contributed by atoms with Crippen LogP contribution in [0.5, 0.6) is 0 Å². The maximum atomic E-state index is 8.85. The molecule has 2 aromatic heterocycles. The minimum absolute atomic E-state index is 0. The molecule has 3 rings (SSSR count). The standard InChI is InChI=1S/C14H21N5O.ClH/c20-8-7-18-6-5-14(17-18)15-9-12-10-16-19(11-12)13-3-1-2-4-13;/h5-6,10-11,13,20H,1-4,7-9H2,(H,15,17);1H. The summed E-state index contributed by atoms with van der Waals surface area (Å²) in [5, 5.41) is 20.9. The molecule has 0 bridgehead atoms. The first-order valence-electron chi connectivity index (χ1n) is 7.26. The van der Waals surface area contributed by atoms with Gasteiger partial charge in [-0.05, 0) is 12.8 Å². The maximum Gasteiger partial charge on any atom is 0.148 e. The second-order valence-electron chi connectivity index (χ2n) is 5.31. The number of nitrogens with one attached hydrogen (secondary N) is 1. The van der Waals surface area contributed by atoms with E-state index < -0.39 is 0 Å². The molecule has 1 aliphatic carbocycles. The van der Waals surface area contributed by atoms with Gasteiger partial charge in [0, 0.05) is 30.6 Å². The molecule has 116 valence electrons. The Hall–Kier alpha value is -1.53. The quantitative estimate of drug-likeness (QED) is 0.858. The number of rotatable bonds is 6. The third kappa shape index (κ3) is 3.98. The third-order valence-corrected chi connectivity index (χ3v) is 3.80. The lowest BCUT2D eigenvalue weighted by atomic mass is 10.2. The highest BCUT2D eigenvalue weighted by Gasteiger charge is 2.17. The van der Waals surface area contributed by atoms with Gasteiger partial charge in [-0.15, -0.1) is 12.4 Å². The van der Waals surface area contributed by atoms with Gasteiger partial charge in [-0.2, -0.15) is 10.2 Å². The molecule has 0 spiro atoms. The first-order chi connectivity index (χ1) is 9.85.